The van der Waals surface area contributed by atoms with Crippen molar-refractivity contribution in [2.75, 3.05) is 18.5 Å². The molecule has 112 valence electrons. The van der Waals surface area contributed by atoms with E-state index in [1.165, 1.54) is 0 Å². The number of anilines is 1. The van der Waals surface area contributed by atoms with Crippen LogP contribution in [0.5, 0.6) is 5.75 Å². The summed E-state index contributed by atoms with van der Waals surface area (Å²) >= 11 is 0. The minimum absolute atomic E-state index is 0.00634. The zero-order valence-electron chi connectivity index (χ0n) is 11.8. The molecule has 0 spiro atoms. The first-order valence-electron chi connectivity index (χ1n) is 6.94. The van der Waals surface area contributed by atoms with Crippen LogP contribution in [-0.2, 0) is 0 Å². The molecule has 1 aromatic heterocycles. The number of fused-ring (bicyclic) bond motifs is 1. The average Bonchev–Trinajstić information content (AvgIpc) is 2.90. The molecule has 6 nitrogen and oxygen atoms in total. The number of nitrogens with one attached hydrogen (secondary N) is 1. The van der Waals surface area contributed by atoms with E-state index in [4.69, 9.17) is 5.11 Å². The van der Waals surface area contributed by atoms with E-state index in [-0.39, 0.29) is 12.4 Å². The fraction of sp³-hybridized carbons (Fsp3) is 0.125. The van der Waals surface area contributed by atoms with Gasteiger partial charge in [0, 0.05) is 12.1 Å². The van der Waals surface area contributed by atoms with E-state index < -0.39 is 0 Å². The van der Waals surface area contributed by atoms with Gasteiger partial charge in [-0.2, -0.15) is 9.78 Å². The number of benzene rings is 2. The third kappa shape index (κ3) is 2.77. The van der Waals surface area contributed by atoms with Gasteiger partial charge in [0.1, 0.15) is 5.75 Å². The molecule has 2 aromatic carbocycles. The van der Waals surface area contributed by atoms with E-state index in [0.717, 1.165) is 11.0 Å². The quantitative estimate of drug-likeness (QED) is 0.629. The summed E-state index contributed by atoms with van der Waals surface area (Å²) in [6.45, 7) is 0.391. The molecule has 3 N–H and O–H groups in total. The van der Waals surface area contributed by atoms with Crippen molar-refractivity contribution in [3.8, 4) is 5.75 Å². The van der Waals surface area contributed by atoms with Crippen molar-refractivity contribution in [1.29, 1.82) is 0 Å². The van der Waals surface area contributed by atoms with E-state index in [1.54, 1.807) is 29.1 Å². The second kappa shape index (κ2) is 6.28. The second-order valence-corrected chi connectivity index (χ2v) is 4.69. The van der Waals surface area contributed by atoms with Crippen LogP contribution >= 0.6 is 0 Å². The van der Waals surface area contributed by atoms with Crippen molar-refractivity contribution in [1.82, 2.24) is 9.66 Å². The summed E-state index contributed by atoms with van der Waals surface area (Å²) in [4.78, 5) is 4.45. The lowest BCUT2D eigenvalue weighted by Gasteiger charge is -2.04. The van der Waals surface area contributed by atoms with Crippen molar-refractivity contribution in [3.63, 3.8) is 0 Å². The molecule has 3 aromatic rings. The lowest BCUT2D eigenvalue weighted by Crippen LogP contribution is -2.09. The van der Waals surface area contributed by atoms with Crippen LogP contribution in [-0.4, -0.2) is 39.2 Å². The van der Waals surface area contributed by atoms with Crippen molar-refractivity contribution >= 4 is 23.2 Å². The number of phenolic OH excluding ortho intramolecular Hbond substituents is 1. The summed E-state index contributed by atoms with van der Waals surface area (Å²) in [6.07, 6.45) is 1.58. The Morgan fingerprint density at radius 2 is 1.91 bits per heavy atom. The number of aliphatic hydroxyl groups excluding tert-OH is 1. The number of hydrogen-bond donors (Lipinski definition) is 3. The number of para-hydroxylation sites is 3. The van der Waals surface area contributed by atoms with Gasteiger partial charge in [-0.1, -0.05) is 24.3 Å². The van der Waals surface area contributed by atoms with Gasteiger partial charge in [0.15, 0.2) is 0 Å². The minimum atomic E-state index is 0.00634. The normalized spacial score (nSPS) is 11.3. The van der Waals surface area contributed by atoms with E-state index in [0.29, 0.717) is 18.1 Å². The highest BCUT2D eigenvalue weighted by Crippen LogP contribution is 2.20. The molecular weight excluding hydrogens is 280 g/mol. The zero-order valence-corrected chi connectivity index (χ0v) is 11.8. The fourth-order valence-corrected chi connectivity index (χ4v) is 2.13. The van der Waals surface area contributed by atoms with Gasteiger partial charge in [-0.3, -0.25) is 0 Å². The number of aliphatic hydroxyl groups is 1. The predicted molar refractivity (Wildman–Crippen MR) is 86.4 cm³/mol. The summed E-state index contributed by atoms with van der Waals surface area (Å²) < 4.78 is 1.65. The van der Waals surface area contributed by atoms with Gasteiger partial charge in [0.2, 0.25) is 5.95 Å². The molecule has 0 fully saturated rings. The van der Waals surface area contributed by atoms with Crippen LogP contribution in [0.2, 0.25) is 0 Å². The van der Waals surface area contributed by atoms with Gasteiger partial charge in [-0.25, -0.2) is 4.98 Å². The van der Waals surface area contributed by atoms with Gasteiger partial charge in [-0.15, -0.1) is 0 Å². The van der Waals surface area contributed by atoms with Crippen molar-refractivity contribution in [2.45, 2.75) is 0 Å². The van der Waals surface area contributed by atoms with Crippen molar-refractivity contribution < 1.29 is 10.2 Å². The molecule has 0 aliphatic rings. The number of imidazole rings is 1. The largest absolute Gasteiger partial charge is 0.507 e. The second-order valence-electron chi connectivity index (χ2n) is 4.69. The van der Waals surface area contributed by atoms with Crippen LogP contribution in [0.15, 0.2) is 53.6 Å². The maximum Gasteiger partial charge on any atom is 0.225 e. The number of nitrogens with zero attached hydrogens (tertiary/aromatic N) is 3. The lowest BCUT2D eigenvalue weighted by molar-refractivity contribution is 0.310. The highest BCUT2D eigenvalue weighted by molar-refractivity contribution is 5.85. The fourth-order valence-electron chi connectivity index (χ4n) is 2.13. The number of aromatic nitrogens is 2. The topological polar surface area (TPSA) is 82.7 Å². The number of phenols is 1. The molecule has 22 heavy (non-hydrogen) atoms. The Bertz CT molecular complexity index is 811. The summed E-state index contributed by atoms with van der Waals surface area (Å²) in [7, 11) is 0. The Morgan fingerprint density at radius 3 is 2.73 bits per heavy atom. The Morgan fingerprint density at radius 1 is 1.14 bits per heavy atom. The lowest BCUT2D eigenvalue weighted by atomic mass is 10.2. The first-order chi connectivity index (χ1) is 10.8. The minimum Gasteiger partial charge on any atom is -0.507 e. The highest BCUT2D eigenvalue weighted by Gasteiger charge is 2.08. The van der Waals surface area contributed by atoms with Crippen molar-refractivity contribution in [2.24, 2.45) is 5.10 Å². The maximum atomic E-state index is 9.80. The molecule has 0 unspecified atom stereocenters. The molecule has 3 rings (SSSR count). The molecule has 6 heteroatoms. The SMILES string of the molecule is OCCNc1nc2ccccc2n1/N=C/c1ccccc1O. The summed E-state index contributed by atoms with van der Waals surface area (Å²) in [5.41, 5.74) is 2.26. The third-order valence-electron chi connectivity index (χ3n) is 3.18. The average molecular weight is 296 g/mol. The van der Waals surface area contributed by atoms with Gasteiger partial charge >= 0.3 is 0 Å². The van der Waals surface area contributed by atoms with Crippen LogP contribution in [0.25, 0.3) is 11.0 Å². The maximum absolute atomic E-state index is 9.80. The van der Waals surface area contributed by atoms with Gasteiger partial charge in [0.25, 0.3) is 0 Å². The van der Waals surface area contributed by atoms with Gasteiger partial charge < -0.3 is 15.5 Å². The van der Waals surface area contributed by atoms with Crippen LogP contribution in [0.3, 0.4) is 0 Å². The summed E-state index contributed by atoms with van der Waals surface area (Å²) in [5, 5.41) is 26.2. The molecule has 0 saturated carbocycles. The van der Waals surface area contributed by atoms with E-state index in [2.05, 4.69) is 15.4 Å². The van der Waals surface area contributed by atoms with Crippen LogP contribution in [0.4, 0.5) is 5.95 Å². The number of rotatable bonds is 5. The smallest absolute Gasteiger partial charge is 0.225 e. The predicted octanol–water partition coefficient (Wildman–Crippen LogP) is 2.03. The summed E-state index contributed by atoms with van der Waals surface area (Å²) in [5.74, 6) is 0.711. The van der Waals surface area contributed by atoms with Crippen LogP contribution in [0, 0.1) is 0 Å². The first-order valence-corrected chi connectivity index (χ1v) is 6.94. The van der Waals surface area contributed by atoms with Crippen LogP contribution in [0.1, 0.15) is 5.56 Å². The molecule has 0 aliphatic carbocycles. The monoisotopic (exact) mass is 296 g/mol. The molecule has 0 radical (unpaired) electrons. The molecule has 0 bridgehead atoms. The van der Waals surface area contributed by atoms with E-state index in [1.807, 2.05) is 30.3 Å². The Labute approximate surface area is 127 Å². The number of hydrogen-bond acceptors (Lipinski definition) is 5. The number of aromatic hydroxyl groups is 1. The van der Waals surface area contributed by atoms with Crippen LogP contribution < -0.4 is 5.32 Å². The molecule has 0 amide bonds. The first kappa shape index (κ1) is 14.1. The zero-order chi connectivity index (χ0) is 15.4. The van der Waals surface area contributed by atoms with Crippen molar-refractivity contribution in [3.05, 3.63) is 54.1 Å². The van der Waals surface area contributed by atoms with Gasteiger partial charge in [-0.05, 0) is 24.3 Å². The van der Waals surface area contributed by atoms with E-state index >= 15 is 0 Å². The standard InChI is InChI=1S/C16H16N4O2/c21-10-9-17-16-19-13-6-2-3-7-14(13)20(16)18-11-12-5-1-4-8-15(12)22/h1-8,11,21-22H,9-10H2,(H,17,19)/b18-11+. The molecule has 0 saturated heterocycles. The Hall–Kier alpha value is -2.86. The Balaban J connectivity index is 2.02. The molecule has 1 heterocycles. The molecule has 0 aliphatic heterocycles. The summed E-state index contributed by atoms with van der Waals surface area (Å²) in [6, 6.07) is 14.6. The van der Waals surface area contributed by atoms with Gasteiger partial charge in [0.05, 0.1) is 23.9 Å². The highest BCUT2D eigenvalue weighted by atomic mass is 16.3. The third-order valence-corrected chi connectivity index (χ3v) is 3.18. The molecule has 0 atom stereocenters. The Kier molecular flexibility index (Phi) is 4.02. The molecular formula is C16H16N4O2. The van der Waals surface area contributed by atoms with E-state index in [9.17, 15) is 5.11 Å².